The summed E-state index contributed by atoms with van der Waals surface area (Å²) < 4.78 is 0. The van der Waals surface area contributed by atoms with E-state index >= 15 is 0 Å². The molecule has 5 heteroatoms. The molecular weight excluding hydrogens is 486 g/mol. The number of rotatable bonds is 29. The minimum atomic E-state index is -1.10. The van der Waals surface area contributed by atoms with E-state index in [0.717, 1.165) is 38.5 Å². The van der Waals surface area contributed by atoms with Crippen LogP contribution in [0.15, 0.2) is 24.3 Å². The standard InChI is InChI=1S/C34H65NO4/c1-3-5-7-9-11-13-15-16-17-19-20-22-24-26-28-32(37)31(30-36)35-34(39)33(38)29-27-25-23-21-18-14-12-10-8-6-4-2/h19-20,26,28,31-33,36-38H,3-18,21-25,27,29-30H2,1-2H3,(H,35,39)/b20-19+,28-26+. The quantitative estimate of drug-likeness (QED) is 0.0556. The molecule has 0 spiro atoms. The maximum Gasteiger partial charge on any atom is 0.249 e. The van der Waals surface area contributed by atoms with Gasteiger partial charge in [-0.05, 0) is 32.1 Å². The summed E-state index contributed by atoms with van der Waals surface area (Å²) in [5.74, 6) is -0.516. The Morgan fingerprint density at radius 3 is 1.56 bits per heavy atom. The van der Waals surface area contributed by atoms with Gasteiger partial charge in [-0.2, -0.15) is 0 Å². The van der Waals surface area contributed by atoms with E-state index in [4.69, 9.17) is 0 Å². The number of amides is 1. The molecule has 230 valence electrons. The average Bonchev–Trinajstić information content (AvgIpc) is 2.94. The number of carbonyl (C=O) groups excluding carboxylic acids is 1. The number of aliphatic hydroxyl groups is 3. The first-order chi connectivity index (χ1) is 19.1. The van der Waals surface area contributed by atoms with Crippen molar-refractivity contribution in [2.24, 2.45) is 0 Å². The van der Waals surface area contributed by atoms with Crippen molar-refractivity contribution in [1.82, 2.24) is 5.32 Å². The lowest BCUT2D eigenvalue weighted by Crippen LogP contribution is -2.48. The van der Waals surface area contributed by atoms with Crippen molar-refractivity contribution in [3.05, 3.63) is 24.3 Å². The van der Waals surface area contributed by atoms with Crippen molar-refractivity contribution in [3.63, 3.8) is 0 Å². The molecule has 0 saturated carbocycles. The molecule has 0 heterocycles. The molecule has 4 N–H and O–H groups in total. The Morgan fingerprint density at radius 2 is 1.05 bits per heavy atom. The Hall–Kier alpha value is -1.17. The fraction of sp³-hybridized carbons (Fsp3) is 0.853. The van der Waals surface area contributed by atoms with Gasteiger partial charge in [-0.1, -0.05) is 154 Å². The van der Waals surface area contributed by atoms with E-state index in [0.29, 0.717) is 6.42 Å². The maximum atomic E-state index is 12.3. The third kappa shape index (κ3) is 25.5. The molecule has 0 rings (SSSR count). The molecule has 39 heavy (non-hydrogen) atoms. The number of carbonyl (C=O) groups is 1. The first-order valence-corrected chi connectivity index (χ1v) is 16.7. The highest BCUT2D eigenvalue weighted by atomic mass is 16.3. The second kappa shape index (κ2) is 29.8. The molecule has 3 atom stereocenters. The van der Waals surface area contributed by atoms with Crippen molar-refractivity contribution in [2.75, 3.05) is 6.61 Å². The van der Waals surface area contributed by atoms with E-state index in [1.165, 1.54) is 103 Å². The fourth-order valence-corrected chi connectivity index (χ4v) is 4.84. The van der Waals surface area contributed by atoms with Gasteiger partial charge in [-0.3, -0.25) is 4.79 Å². The monoisotopic (exact) mass is 551 g/mol. The molecule has 0 radical (unpaired) electrons. The molecule has 5 nitrogen and oxygen atoms in total. The number of hydrogen-bond donors (Lipinski definition) is 4. The van der Waals surface area contributed by atoms with Gasteiger partial charge in [0.2, 0.25) is 5.91 Å². The van der Waals surface area contributed by atoms with E-state index in [-0.39, 0.29) is 6.61 Å². The van der Waals surface area contributed by atoms with Crippen LogP contribution >= 0.6 is 0 Å². The van der Waals surface area contributed by atoms with Crippen LogP contribution in [0, 0.1) is 0 Å². The predicted octanol–water partition coefficient (Wildman–Crippen LogP) is 8.31. The van der Waals surface area contributed by atoms with Gasteiger partial charge in [0.1, 0.15) is 6.10 Å². The van der Waals surface area contributed by atoms with E-state index < -0.39 is 24.2 Å². The SMILES string of the molecule is CCCCCCCCCC/C=C/CC/C=C/C(O)C(CO)NC(=O)C(O)CCCCCCCCCCCCC. The zero-order valence-electron chi connectivity index (χ0n) is 25.8. The fourth-order valence-electron chi connectivity index (χ4n) is 4.84. The molecule has 0 aromatic heterocycles. The van der Waals surface area contributed by atoms with Crippen molar-refractivity contribution in [3.8, 4) is 0 Å². The first kappa shape index (κ1) is 37.8. The Labute approximate surface area is 241 Å². The number of aliphatic hydroxyl groups excluding tert-OH is 3. The minimum absolute atomic E-state index is 0.374. The van der Waals surface area contributed by atoms with Gasteiger partial charge in [-0.15, -0.1) is 0 Å². The van der Waals surface area contributed by atoms with Gasteiger partial charge in [0.25, 0.3) is 0 Å². The number of allylic oxidation sites excluding steroid dienone is 3. The summed E-state index contributed by atoms with van der Waals surface area (Å²) in [5, 5.41) is 32.8. The highest BCUT2D eigenvalue weighted by molar-refractivity contribution is 5.80. The second-order valence-corrected chi connectivity index (χ2v) is 11.4. The van der Waals surface area contributed by atoms with E-state index in [1.807, 2.05) is 6.08 Å². The molecule has 0 fully saturated rings. The zero-order chi connectivity index (χ0) is 28.8. The third-order valence-corrected chi connectivity index (χ3v) is 7.54. The molecule has 0 bridgehead atoms. The van der Waals surface area contributed by atoms with Crippen LogP contribution in [0.25, 0.3) is 0 Å². The number of unbranched alkanes of at least 4 members (excludes halogenated alkanes) is 19. The Bertz CT molecular complexity index is 578. The summed E-state index contributed by atoms with van der Waals surface area (Å²) in [5.41, 5.74) is 0. The summed E-state index contributed by atoms with van der Waals surface area (Å²) in [6.45, 7) is 4.12. The molecule has 0 aliphatic rings. The van der Waals surface area contributed by atoms with Gasteiger partial charge in [0, 0.05) is 0 Å². The molecule has 3 unspecified atom stereocenters. The Kier molecular flexibility index (Phi) is 28.9. The van der Waals surface area contributed by atoms with E-state index in [9.17, 15) is 20.1 Å². The van der Waals surface area contributed by atoms with Crippen LogP contribution in [0.5, 0.6) is 0 Å². The van der Waals surface area contributed by atoms with E-state index in [1.54, 1.807) is 6.08 Å². The Morgan fingerprint density at radius 1 is 0.615 bits per heavy atom. The summed E-state index contributed by atoms with van der Waals surface area (Å²) in [4.78, 5) is 12.3. The van der Waals surface area contributed by atoms with Gasteiger partial charge in [-0.25, -0.2) is 0 Å². The lowest BCUT2D eigenvalue weighted by atomic mass is 10.0. The van der Waals surface area contributed by atoms with Crippen LogP contribution in [0.4, 0.5) is 0 Å². The summed E-state index contributed by atoms with van der Waals surface area (Å²) in [7, 11) is 0. The summed E-state index contributed by atoms with van der Waals surface area (Å²) in [6, 6.07) is -0.807. The Balaban J connectivity index is 3.85. The summed E-state index contributed by atoms with van der Waals surface area (Å²) >= 11 is 0. The lowest BCUT2D eigenvalue weighted by Gasteiger charge is -2.21. The van der Waals surface area contributed by atoms with E-state index in [2.05, 4.69) is 31.3 Å². The van der Waals surface area contributed by atoms with Crippen molar-refractivity contribution in [1.29, 1.82) is 0 Å². The van der Waals surface area contributed by atoms with Crippen LogP contribution in [0.1, 0.15) is 162 Å². The van der Waals surface area contributed by atoms with Gasteiger partial charge in [0.15, 0.2) is 0 Å². The minimum Gasteiger partial charge on any atom is -0.394 e. The predicted molar refractivity (Wildman–Crippen MR) is 167 cm³/mol. The first-order valence-electron chi connectivity index (χ1n) is 16.7. The molecule has 0 aliphatic carbocycles. The number of hydrogen-bond acceptors (Lipinski definition) is 4. The highest BCUT2D eigenvalue weighted by Gasteiger charge is 2.22. The smallest absolute Gasteiger partial charge is 0.249 e. The zero-order valence-corrected chi connectivity index (χ0v) is 25.8. The van der Waals surface area contributed by atoms with Crippen LogP contribution in [-0.4, -0.2) is 46.1 Å². The third-order valence-electron chi connectivity index (χ3n) is 7.54. The van der Waals surface area contributed by atoms with Crippen molar-refractivity contribution < 1.29 is 20.1 Å². The largest absolute Gasteiger partial charge is 0.394 e. The number of nitrogens with one attached hydrogen (secondary N) is 1. The topological polar surface area (TPSA) is 89.8 Å². The van der Waals surface area contributed by atoms with Gasteiger partial charge < -0.3 is 20.6 Å². The lowest BCUT2D eigenvalue weighted by molar-refractivity contribution is -0.131. The molecule has 0 aliphatic heterocycles. The highest BCUT2D eigenvalue weighted by Crippen LogP contribution is 2.13. The molecule has 0 aromatic carbocycles. The molecular formula is C34H65NO4. The maximum absolute atomic E-state index is 12.3. The second-order valence-electron chi connectivity index (χ2n) is 11.4. The van der Waals surface area contributed by atoms with Crippen molar-refractivity contribution >= 4 is 5.91 Å². The molecule has 0 saturated heterocycles. The van der Waals surface area contributed by atoms with Crippen LogP contribution < -0.4 is 5.32 Å². The van der Waals surface area contributed by atoms with Gasteiger partial charge in [0.05, 0.1) is 18.8 Å². The van der Waals surface area contributed by atoms with Crippen LogP contribution in [0.3, 0.4) is 0 Å². The average molecular weight is 552 g/mol. The van der Waals surface area contributed by atoms with Crippen molar-refractivity contribution in [2.45, 2.75) is 180 Å². The molecule has 0 aromatic rings. The van der Waals surface area contributed by atoms with Gasteiger partial charge >= 0.3 is 0 Å². The molecule has 1 amide bonds. The normalized spacial score (nSPS) is 14.3. The van der Waals surface area contributed by atoms with Crippen LogP contribution in [-0.2, 0) is 4.79 Å². The summed E-state index contributed by atoms with van der Waals surface area (Å²) in [6.07, 6.45) is 33.3. The van der Waals surface area contributed by atoms with Crippen LogP contribution in [0.2, 0.25) is 0 Å².